The summed E-state index contributed by atoms with van der Waals surface area (Å²) in [7, 11) is 1.46. The fourth-order valence-corrected chi connectivity index (χ4v) is 2.40. The number of hydrogen-bond acceptors (Lipinski definition) is 6. The molecule has 0 aromatic heterocycles. The third-order valence-electron chi connectivity index (χ3n) is 3.43. The third-order valence-corrected chi connectivity index (χ3v) is 3.43. The van der Waals surface area contributed by atoms with E-state index < -0.39 is 30.0 Å². The molecule has 0 unspecified atom stereocenters. The molecule has 0 spiro atoms. The lowest BCUT2D eigenvalue weighted by Crippen LogP contribution is -2.42. The van der Waals surface area contributed by atoms with E-state index in [-0.39, 0.29) is 18.5 Å². The van der Waals surface area contributed by atoms with Crippen LogP contribution in [0.4, 0.5) is 4.79 Å². The van der Waals surface area contributed by atoms with E-state index >= 15 is 0 Å². The summed E-state index contributed by atoms with van der Waals surface area (Å²) in [5, 5.41) is 9.84. The second-order valence-corrected chi connectivity index (χ2v) is 6.58. The molecule has 0 aliphatic carbocycles. The summed E-state index contributed by atoms with van der Waals surface area (Å²) in [6.45, 7) is 5.28. The van der Waals surface area contributed by atoms with Crippen molar-refractivity contribution in [2.45, 2.75) is 45.1 Å². The average Bonchev–Trinajstić information content (AvgIpc) is 2.86. The molecule has 0 radical (unpaired) electrons. The number of aliphatic hydroxyl groups excluding tert-OH is 1. The molecule has 2 atom stereocenters. The predicted octanol–water partition coefficient (Wildman–Crippen LogP) is 2.18. The Hall–Kier alpha value is -2.28. The van der Waals surface area contributed by atoms with E-state index in [4.69, 9.17) is 14.2 Å². The lowest BCUT2D eigenvalue weighted by atomic mass is 10.2. The first-order valence-electron chi connectivity index (χ1n) is 7.73. The van der Waals surface area contributed by atoms with E-state index in [2.05, 4.69) is 0 Å². The molecule has 7 nitrogen and oxygen atoms in total. The van der Waals surface area contributed by atoms with E-state index in [1.54, 1.807) is 45.0 Å². The highest BCUT2D eigenvalue weighted by Crippen LogP contribution is 2.25. The van der Waals surface area contributed by atoms with Crippen molar-refractivity contribution in [3.8, 4) is 5.75 Å². The number of carbonyl (C=O) groups excluding carboxylic acids is 2. The summed E-state index contributed by atoms with van der Waals surface area (Å²) in [5.41, 5.74) is -0.424. The summed E-state index contributed by atoms with van der Waals surface area (Å²) in [5.74, 6) is -0.245. The van der Waals surface area contributed by atoms with Crippen LogP contribution in [0.2, 0.25) is 0 Å². The highest BCUT2D eigenvalue weighted by atomic mass is 16.6. The van der Waals surface area contributed by atoms with Crippen LogP contribution in [-0.2, 0) is 9.47 Å². The molecule has 1 aromatic carbocycles. The van der Waals surface area contributed by atoms with Crippen LogP contribution in [0.1, 0.15) is 37.6 Å². The second kappa shape index (κ2) is 7.09. The summed E-state index contributed by atoms with van der Waals surface area (Å²) in [6.07, 6.45) is -2.14. The molecule has 0 saturated carbocycles. The van der Waals surface area contributed by atoms with Crippen LogP contribution in [0.15, 0.2) is 24.3 Å². The first-order valence-corrected chi connectivity index (χ1v) is 7.73. The number of carbonyl (C=O) groups is 2. The smallest absolute Gasteiger partial charge is 0.413 e. The molecule has 1 amide bonds. The molecule has 1 aromatic rings. The number of nitrogens with zero attached hydrogens (tertiary/aromatic N) is 1. The minimum Gasteiger partial charge on any atom is -0.496 e. The zero-order chi connectivity index (χ0) is 17.9. The van der Waals surface area contributed by atoms with Crippen LogP contribution < -0.4 is 4.74 Å². The fraction of sp³-hybridized carbons (Fsp3) is 0.529. The fourth-order valence-electron chi connectivity index (χ4n) is 2.40. The van der Waals surface area contributed by atoms with Crippen molar-refractivity contribution in [1.29, 1.82) is 0 Å². The first-order chi connectivity index (χ1) is 11.2. The number of para-hydroxylation sites is 1. The quantitative estimate of drug-likeness (QED) is 0.851. The third kappa shape index (κ3) is 4.38. The van der Waals surface area contributed by atoms with E-state index in [1.165, 1.54) is 12.0 Å². The molecule has 1 N–H and O–H groups in total. The van der Waals surface area contributed by atoms with Gasteiger partial charge in [-0.05, 0) is 32.9 Å². The first kappa shape index (κ1) is 18.1. The van der Waals surface area contributed by atoms with Gasteiger partial charge in [0, 0.05) is 6.42 Å². The number of hydrogen-bond donors (Lipinski definition) is 1. The van der Waals surface area contributed by atoms with Crippen molar-refractivity contribution in [3.63, 3.8) is 0 Å². The van der Waals surface area contributed by atoms with Crippen molar-refractivity contribution >= 4 is 12.1 Å². The number of rotatable bonds is 3. The van der Waals surface area contributed by atoms with Crippen molar-refractivity contribution in [2.75, 3.05) is 13.7 Å². The average molecular weight is 337 g/mol. The van der Waals surface area contributed by atoms with Gasteiger partial charge in [0.2, 0.25) is 0 Å². The highest BCUT2D eigenvalue weighted by Gasteiger charge is 2.39. The topological polar surface area (TPSA) is 85.3 Å². The number of likely N-dealkylation sites (tertiary alicyclic amines) is 1. The van der Waals surface area contributed by atoms with Crippen LogP contribution in [-0.4, -0.2) is 53.7 Å². The van der Waals surface area contributed by atoms with Crippen molar-refractivity contribution in [2.24, 2.45) is 0 Å². The SMILES string of the molecule is COc1ccccc1C(=O)O[C@@H]1C[C@@H](O)CN1C(=O)OC(C)(C)C. The number of amides is 1. The zero-order valence-electron chi connectivity index (χ0n) is 14.3. The molecule has 1 saturated heterocycles. The lowest BCUT2D eigenvalue weighted by molar-refractivity contribution is -0.0309. The molecule has 24 heavy (non-hydrogen) atoms. The van der Waals surface area contributed by atoms with Gasteiger partial charge in [-0.1, -0.05) is 12.1 Å². The van der Waals surface area contributed by atoms with Gasteiger partial charge < -0.3 is 19.3 Å². The van der Waals surface area contributed by atoms with E-state index in [9.17, 15) is 14.7 Å². The number of methoxy groups -OCH3 is 1. The molecular formula is C17H23NO6. The molecule has 7 heteroatoms. The van der Waals surface area contributed by atoms with E-state index in [1.807, 2.05) is 0 Å². The maximum Gasteiger partial charge on any atom is 0.413 e. The monoisotopic (exact) mass is 337 g/mol. The number of ether oxygens (including phenoxy) is 3. The maximum atomic E-state index is 12.4. The van der Waals surface area contributed by atoms with Gasteiger partial charge >= 0.3 is 12.1 Å². The van der Waals surface area contributed by atoms with E-state index in [0.29, 0.717) is 5.75 Å². The molecule has 1 aliphatic rings. The zero-order valence-corrected chi connectivity index (χ0v) is 14.3. The molecular weight excluding hydrogens is 314 g/mol. The summed E-state index contributed by atoms with van der Waals surface area (Å²) < 4.78 is 15.8. The Morgan fingerprint density at radius 1 is 1.25 bits per heavy atom. The summed E-state index contributed by atoms with van der Waals surface area (Å²) in [4.78, 5) is 25.8. The normalized spacial score (nSPS) is 20.6. The van der Waals surface area contributed by atoms with Crippen LogP contribution >= 0.6 is 0 Å². The van der Waals surface area contributed by atoms with Crippen molar-refractivity contribution in [1.82, 2.24) is 4.90 Å². The number of aliphatic hydroxyl groups is 1. The number of benzene rings is 1. The van der Waals surface area contributed by atoms with Gasteiger partial charge in [-0.3, -0.25) is 4.90 Å². The minimum absolute atomic E-state index is 0.0543. The Kier molecular flexibility index (Phi) is 5.33. The Labute approximate surface area is 141 Å². The molecule has 2 rings (SSSR count). The Morgan fingerprint density at radius 2 is 1.92 bits per heavy atom. The summed E-state index contributed by atoms with van der Waals surface area (Å²) in [6, 6.07) is 6.65. The molecule has 1 heterocycles. The number of esters is 1. The number of β-amino-alcohol motifs (C(OH)–C–C–N with tert-alkyl or cyclic N) is 1. The van der Waals surface area contributed by atoms with Gasteiger partial charge in [0.1, 0.15) is 16.9 Å². The Bertz CT molecular complexity index is 609. The largest absolute Gasteiger partial charge is 0.496 e. The highest BCUT2D eigenvalue weighted by molar-refractivity contribution is 5.92. The van der Waals surface area contributed by atoms with Gasteiger partial charge in [-0.15, -0.1) is 0 Å². The van der Waals surface area contributed by atoms with Gasteiger partial charge in [0.25, 0.3) is 0 Å². The Balaban J connectivity index is 2.11. The predicted molar refractivity (Wildman–Crippen MR) is 85.8 cm³/mol. The van der Waals surface area contributed by atoms with Gasteiger partial charge in [-0.25, -0.2) is 9.59 Å². The van der Waals surface area contributed by atoms with Gasteiger partial charge in [0.05, 0.1) is 19.8 Å². The lowest BCUT2D eigenvalue weighted by Gasteiger charge is -2.28. The minimum atomic E-state index is -0.882. The van der Waals surface area contributed by atoms with Crippen molar-refractivity contribution < 1.29 is 28.9 Å². The molecule has 1 aliphatic heterocycles. The molecule has 1 fully saturated rings. The van der Waals surface area contributed by atoms with Gasteiger partial charge in [0.15, 0.2) is 6.23 Å². The van der Waals surface area contributed by atoms with Crippen LogP contribution in [0.3, 0.4) is 0 Å². The molecule has 0 bridgehead atoms. The van der Waals surface area contributed by atoms with E-state index in [0.717, 1.165) is 0 Å². The van der Waals surface area contributed by atoms with Crippen LogP contribution in [0.5, 0.6) is 5.75 Å². The van der Waals surface area contributed by atoms with Gasteiger partial charge in [-0.2, -0.15) is 0 Å². The van der Waals surface area contributed by atoms with Crippen LogP contribution in [0.25, 0.3) is 0 Å². The van der Waals surface area contributed by atoms with Crippen LogP contribution in [0, 0.1) is 0 Å². The van der Waals surface area contributed by atoms with Crippen molar-refractivity contribution in [3.05, 3.63) is 29.8 Å². The standard InChI is InChI=1S/C17H23NO6/c1-17(2,3)24-16(21)18-10-11(19)9-14(18)23-15(20)12-7-5-6-8-13(12)22-4/h5-8,11,14,19H,9-10H2,1-4H3/t11-,14-/m1/s1. The second-order valence-electron chi connectivity index (χ2n) is 6.58. The summed E-state index contributed by atoms with van der Waals surface area (Å²) >= 11 is 0. The maximum absolute atomic E-state index is 12.4. The molecule has 132 valence electrons. The Morgan fingerprint density at radius 3 is 2.54 bits per heavy atom.